The molecule has 1 amide bonds. The van der Waals surface area contributed by atoms with E-state index >= 15 is 0 Å². The van der Waals surface area contributed by atoms with Crippen LogP contribution in [0.3, 0.4) is 0 Å². The summed E-state index contributed by atoms with van der Waals surface area (Å²) in [5, 5.41) is 5.45. The standard InChI is InChI=1S/C25H27N3O5S/c1-14(2)11-12-25(4)18-8-6-5-7-17(18)22(30)21(23(25)31)24-27-19-10-9-16(26-15(3)29)13-20(19)34(32,33)28-24/h5-10,13-14,21H,11-12H2,1-4H3,(H,26,29)(H,27,28)/t21?,25-/m1/s1. The minimum atomic E-state index is -4.22. The number of nitrogens with one attached hydrogen (secondary N) is 2. The van der Waals surface area contributed by atoms with Crippen molar-refractivity contribution < 1.29 is 22.8 Å². The van der Waals surface area contributed by atoms with Crippen LogP contribution in [0.15, 0.2) is 51.8 Å². The first-order chi connectivity index (χ1) is 15.9. The fraction of sp³-hybridized carbons (Fsp3) is 0.360. The summed E-state index contributed by atoms with van der Waals surface area (Å²) >= 11 is 0. The van der Waals surface area contributed by atoms with E-state index in [2.05, 4.69) is 28.9 Å². The van der Waals surface area contributed by atoms with Crippen LogP contribution in [0.1, 0.15) is 56.5 Å². The third kappa shape index (κ3) is 4.04. The Bertz CT molecular complexity index is 1350. The topological polar surface area (TPSA) is 122 Å². The summed E-state index contributed by atoms with van der Waals surface area (Å²) in [6, 6.07) is 11.3. The summed E-state index contributed by atoms with van der Waals surface area (Å²) in [5.74, 6) is -2.38. The van der Waals surface area contributed by atoms with Gasteiger partial charge in [0.25, 0.3) is 10.0 Å². The molecule has 2 aliphatic rings. The Morgan fingerprint density at radius 1 is 1.18 bits per heavy atom. The number of amides is 1. The summed E-state index contributed by atoms with van der Waals surface area (Å²) in [6.07, 6.45) is 1.30. The molecular formula is C25H27N3O5S. The Kier molecular flexibility index (Phi) is 5.93. The molecule has 2 aromatic rings. The second-order valence-electron chi connectivity index (χ2n) is 9.44. The summed E-state index contributed by atoms with van der Waals surface area (Å²) in [5.41, 5.74) is 0.620. The van der Waals surface area contributed by atoms with Crippen molar-refractivity contribution >= 4 is 44.7 Å². The zero-order valence-corrected chi connectivity index (χ0v) is 20.3. The van der Waals surface area contributed by atoms with Crippen LogP contribution < -0.4 is 10.6 Å². The molecule has 1 heterocycles. The van der Waals surface area contributed by atoms with E-state index in [9.17, 15) is 22.8 Å². The molecule has 4 rings (SSSR count). The van der Waals surface area contributed by atoms with Crippen molar-refractivity contribution in [3.05, 3.63) is 53.6 Å². The van der Waals surface area contributed by atoms with Crippen LogP contribution >= 0.6 is 0 Å². The summed E-state index contributed by atoms with van der Waals surface area (Å²) in [7, 11) is -4.22. The molecule has 0 radical (unpaired) electrons. The molecule has 178 valence electrons. The van der Waals surface area contributed by atoms with Crippen LogP contribution in [0.5, 0.6) is 0 Å². The second kappa shape index (κ2) is 8.47. The molecule has 0 fully saturated rings. The molecule has 0 saturated heterocycles. The van der Waals surface area contributed by atoms with Crippen molar-refractivity contribution in [3.63, 3.8) is 0 Å². The Labute approximate surface area is 198 Å². The molecule has 1 aliphatic carbocycles. The summed E-state index contributed by atoms with van der Waals surface area (Å²) in [4.78, 5) is 38.5. The van der Waals surface area contributed by atoms with Gasteiger partial charge in [-0.15, -0.1) is 4.40 Å². The van der Waals surface area contributed by atoms with Gasteiger partial charge >= 0.3 is 0 Å². The van der Waals surface area contributed by atoms with Crippen molar-refractivity contribution in [2.75, 3.05) is 10.6 Å². The number of Topliss-reactive ketones (excluding diaryl/α,β-unsaturated/α-hetero) is 2. The predicted octanol–water partition coefficient (Wildman–Crippen LogP) is 3.93. The van der Waals surface area contributed by atoms with Gasteiger partial charge in [0, 0.05) is 18.2 Å². The highest BCUT2D eigenvalue weighted by atomic mass is 32.2. The van der Waals surface area contributed by atoms with E-state index in [1.807, 2.05) is 6.92 Å². The van der Waals surface area contributed by atoms with E-state index in [0.29, 0.717) is 29.2 Å². The van der Waals surface area contributed by atoms with Crippen molar-refractivity contribution in [1.82, 2.24) is 0 Å². The van der Waals surface area contributed by atoms with Gasteiger partial charge in [0.1, 0.15) is 16.6 Å². The van der Waals surface area contributed by atoms with Crippen LogP contribution in [0.2, 0.25) is 0 Å². The van der Waals surface area contributed by atoms with Gasteiger partial charge in [-0.3, -0.25) is 14.4 Å². The number of carbonyl (C=O) groups is 3. The minimum absolute atomic E-state index is 0.138. The molecule has 0 saturated carbocycles. The Morgan fingerprint density at radius 3 is 2.56 bits per heavy atom. The van der Waals surface area contributed by atoms with E-state index in [0.717, 1.165) is 6.42 Å². The molecule has 2 atom stereocenters. The Balaban J connectivity index is 1.80. The first-order valence-electron chi connectivity index (χ1n) is 11.2. The zero-order valence-electron chi connectivity index (χ0n) is 19.5. The molecule has 34 heavy (non-hydrogen) atoms. The van der Waals surface area contributed by atoms with Crippen molar-refractivity contribution in [2.24, 2.45) is 16.2 Å². The Hall–Kier alpha value is -3.33. The summed E-state index contributed by atoms with van der Waals surface area (Å²) in [6.45, 7) is 7.27. The number of sulfonamides is 1. The molecule has 1 aliphatic heterocycles. The molecule has 2 N–H and O–H groups in total. The van der Waals surface area contributed by atoms with E-state index in [-0.39, 0.29) is 28.1 Å². The summed E-state index contributed by atoms with van der Waals surface area (Å²) < 4.78 is 29.9. The number of hydrogen-bond donors (Lipinski definition) is 2. The second-order valence-corrected chi connectivity index (χ2v) is 11.0. The maximum absolute atomic E-state index is 13.8. The number of ketones is 2. The van der Waals surface area contributed by atoms with E-state index in [1.165, 1.54) is 25.1 Å². The van der Waals surface area contributed by atoms with Gasteiger partial charge in [0.05, 0.1) is 11.1 Å². The van der Waals surface area contributed by atoms with E-state index in [4.69, 9.17) is 0 Å². The SMILES string of the molecule is CC(=O)Nc1ccc2c(c1)S(=O)(=O)N=C(C1C(=O)c3ccccc3[C@@](C)(CCC(C)C)C1=O)N2. The average molecular weight is 482 g/mol. The number of amidine groups is 1. The number of carbonyl (C=O) groups excluding carboxylic acids is 3. The van der Waals surface area contributed by atoms with Crippen LogP contribution in [0.4, 0.5) is 11.4 Å². The predicted molar refractivity (Wildman–Crippen MR) is 130 cm³/mol. The van der Waals surface area contributed by atoms with Gasteiger partial charge in [0.2, 0.25) is 5.91 Å². The third-order valence-corrected chi connectivity index (χ3v) is 7.74. The van der Waals surface area contributed by atoms with E-state index in [1.54, 1.807) is 24.3 Å². The molecular weight excluding hydrogens is 454 g/mol. The molecule has 8 nitrogen and oxygen atoms in total. The number of benzene rings is 2. The minimum Gasteiger partial charge on any atom is -0.341 e. The molecule has 9 heteroatoms. The molecule has 2 aromatic carbocycles. The average Bonchev–Trinajstić information content (AvgIpc) is 2.76. The van der Waals surface area contributed by atoms with Gasteiger partial charge < -0.3 is 10.6 Å². The lowest BCUT2D eigenvalue weighted by molar-refractivity contribution is -0.125. The number of hydrogen-bond acceptors (Lipinski definition) is 6. The van der Waals surface area contributed by atoms with Crippen LogP contribution in [0, 0.1) is 11.8 Å². The van der Waals surface area contributed by atoms with Gasteiger partial charge in [-0.25, -0.2) is 0 Å². The first-order valence-corrected chi connectivity index (χ1v) is 12.6. The lowest BCUT2D eigenvalue weighted by Gasteiger charge is -2.39. The fourth-order valence-electron chi connectivity index (χ4n) is 4.57. The highest BCUT2D eigenvalue weighted by Gasteiger charge is 2.51. The number of nitrogens with zero attached hydrogens (tertiary/aromatic N) is 1. The fourth-order valence-corrected chi connectivity index (χ4v) is 5.75. The number of anilines is 2. The highest BCUT2D eigenvalue weighted by molar-refractivity contribution is 7.90. The highest BCUT2D eigenvalue weighted by Crippen LogP contribution is 2.42. The number of rotatable bonds is 5. The van der Waals surface area contributed by atoms with Crippen LogP contribution in [-0.2, 0) is 25.0 Å². The molecule has 1 unspecified atom stereocenters. The van der Waals surface area contributed by atoms with Crippen LogP contribution in [-0.4, -0.2) is 31.7 Å². The molecule has 0 spiro atoms. The van der Waals surface area contributed by atoms with Gasteiger partial charge in [-0.05, 0) is 49.4 Å². The zero-order chi connectivity index (χ0) is 24.8. The lowest BCUT2D eigenvalue weighted by Crippen LogP contribution is -2.51. The maximum Gasteiger partial charge on any atom is 0.286 e. The van der Waals surface area contributed by atoms with Crippen molar-refractivity contribution in [3.8, 4) is 0 Å². The van der Waals surface area contributed by atoms with Gasteiger partial charge in [-0.1, -0.05) is 38.1 Å². The molecule has 0 aromatic heterocycles. The third-order valence-electron chi connectivity index (χ3n) is 6.41. The monoisotopic (exact) mass is 481 g/mol. The van der Waals surface area contributed by atoms with Crippen LogP contribution in [0.25, 0.3) is 0 Å². The maximum atomic E-state index is 13.8. The largest absolute Gasteiger partial charge is 0.341 e. The lowest BCUT2D eigenvalue weighted by atomic mass is 9.63. The number of fused-ring (bicyclic) bond motifs is 2. The Morgan fingerprint density at radius 2 is 1.88 bits per heavy atom. The van der Waals surface area contributed by atoms with Crippen molar-refractivity contribution in [1.29, 1.82) is 0 Å². The van der Waals surface area contributed by atoms with Gasteiger partial charge in [0.15, 0.2) is 11.6 Å². The quantitative estimate of drug-likeness (QED) is 0.624. The normalized spacial score (nSPS) is 23.0. The van der Waals surface area contributed by atoms with Gasteiger partial charge in [-0.2, -0.15) is 8.42 Å². The van der Waals surface area contributed by atoms with Crippen molar-refractivity contribution in [2.45, 2.75) is 50.8 Å². The first kappa shape index (κ1) is 23.8. The molecule has 0 bridgehead atoms. The van der Waals surface area contributed by atoms with E-state index < -0.39 is 27.1 Å². The smallest absolute Gasteiger partial charge is 0.286 e.